The summed E-state index contributed by atoms with van der Waals surface area (Å²) in [6, 6.07) is 0. The molecule has 0 amide bonds. The highest BCUT2D eigenvalue weighted by molar-refractivity contribution is 7.95. The Morgan fingerprint density at radius 1 is 1.38 bits per heavy atom. The molecule has 0 aromatic heterocycles. The number of halogens is 1. The molecular formula is C6H14ClS+. The first-order chi connectivity index (χ1) is 3.42. The van der Waals surface area contributed by atoms with Crippen LogP contribution >= 0.6 is 11.6 Å². The summed E-state index contributed by atoms with van der Waals surface area (Å²) in [5.74, 6) is 1.12. The fraction of sp³-hybridized carbons (Fsp3) is 1.00. The van der Waals surface area contributed by atoms with Crippen molar-refractivity contribution in [3.63, 3.8) is 0 Å². The van der Waals surface area contributed by atoms with Crippen LogP contribution in [0.4, 0.5) is 0 Å². The molecule has 50 valence electrons. The summed E-state index contributed by atoms with van der Waals surface area (Å²) in [6.07, 6.45) is 4.42. The molecule has 0 nitrogen and oxygen atoms in total. The summed E-state index contributed by atoms with van der Waals surface area (Å²) in [5, 5.41) is 0. The summed E-state index contributed by atoms with van der Waals surface area (Å²) < 4.78 is 0. The van der Waals surface area contributed by atoms with Crippen molar-refractivity contribution in [2.45, 2.75) is 18.7 Å². The smallest absolute Gasteiger partial charge is 0.115 e. The normalized spacial score (nSPS) is 12.8. The van der Waals surface area contributed by atoms with Crippen molar-refractivity contribution in [3.05, 3.63) is 0 Å². The second kappa shape index (κ2) is 2.98. The number of hydrogen-bond acceptors (Lipinski definition) is 0. The van der Waals surface area contributed by atoms with Crippen LogP contribution in [0.1, 0.15) is 13.8 Å². The van der Waals surface area contributed by atoms with Crippen LogP contribution in [0.5, 0.6) is 0 Å². The molecule has 0 fully saturated rings. The Labute approximate surface area is 60.0 Å². The minimum Gasteiger partial charge on any atom is -0.115 e. The van der Waals surface area contributed by atoms with Gasteiger partial charge in [0.15, 0.2) is 0 Å². The Morgan fingerprint density at radius 3 is 1.75 bits per heavy atom. The summed E-state index contributed by atoms with van der Waals surface area (Å²) >= 11 is 5.94. The fourth-order valence-corrected chi connectivity index (χ4v) is 2.71. The summed E-state index contributed by atoms with van der Waals surface area (Å²) in [4.78, 5) is 0.00656. The van der Waals surface area contributed by atoms with Crippen LogP contribution in [-0.2, 0) is 10.9 Å². The first-order valence-corrected chi connectivity index (χ1v) is 5.24. The van der Waals surface area contributed by atoms with Crippen LogP contribution in [0.15, 0.2) is 0 Å². The molecule has 0 unspecified atom stereocenters. The maximum Gasteiger partial charge on any atom is 0.126 e. The highest BCUT2D eigenvalue weighted by Crippen LogP contribution is 2.14. The topological polar surface area (TPSA) is 0 Å². The van der Waals surface area contributed by atoms with Crippen molar-refractivity contribution in [2.75, 3.05) is 18.3 Å². The molecule has 0 aromatic carbocycles. The zero-order chi connectivity index (χ0) is 6.78. The lowest BCUT2D eigenvalue weighted by atomic mass is 10.3. The summed E-state index contributed by atoms with van der Waals surface area (Å²) in [6.45, 7) is 4.11. The van der Waals surface area contributed by atoms with Crippen LogP contribution in [-0.4, -0.2) is 23.1 Å². The molecule has 0 radical (unpaired) electrons. The maximum atomic E-state index is 5.94. The molecule has 0 saturated carbocycles. The number of hydrogen-bond donors (Lipinski definition) is 0. The van der Waals surface area contributed by atoms with E-state index in [2.05, 4.69) is 26.4 Å². The molecule has 8 heavy (non-hydrogen) atoms. The van der Waals surface area contributed by atoms with Gasteiger partial charge in [-0.25, -0.2) is 0 Å². The van der Waals surface area contributed by atoms with Crippen molar-refractivity contribution >= 4 is 22.5 Å². The van der Waals surface area contributed by atoms with Crippen molar-refractivity contribution in [1.29, 1.82) is 0 Å². The van der Waals surface area contributed by atoms with E-state index in [1.54, 1.807) is 0 Å². The van der Waals surface area contributed by atoms with Gasteiger partial charge in [-0.05, 0) is 24.7 Å². The van der Waals surface area contributed by atoms with Gasteiger partial charge in [0.2, 0.25) is 0 Å². The van der Waals surface area contributed by atoms with Crippen LogP contribution in [0.2, 0.25) is 0 Å². The van der Waals surface area contributed by atoms with E-state index in [4.69, 9.17) is 11.6 Å². The molecule has 0 aliphatic heterocycles. The van der Waals surface area contributed by atoms with Gasteiger partial charge in [0.1, 0.15) is 5.75 Å². The van der Waals surface area contributed by atoms with Gasteiger partial charge in [-0.1, -0.05) is 0 Å². The van der Waals surface area contributed by atoms with Crippen LogP contribution < -0.4 is 0 Å². The molecule has 0 aliphatic rings. The molecule has 0 bridgehead atoms. The van der Waals surface area contributed by atoms with E-state index in [0.717, 1.165) is 5.75 Å². The second-order valence-electron chi connectivity index (χ2n) is 2.85. The number of rotatable bonds is 2. The lowest BCUT2D eigenvalue weighted by Gasteiger charge is -2.11. The Bertz CT molecular complexity index is 63.4. The molecule has 0 atom stereocenters. The lowest BCUT2D eigenvalue weighted by molar-refractivity contribution is 0.799. The predicted molar refractivity (Wildman–Crippen MR) is 44.0 cm³/mol. The largest absolute Gasteiger partial charge is 0.126 e. The minimum atomic E-state index is 0.00656. The van der Waals surface area contributed by atoms with E-state index in [1.165, 1.54) is 0 Å². The Hall–Kier alpha value is 0.640. The third kappa shape index (κ3) is 6.64. The molecule has 0 heterocycles. The second-order valence-corrected chi connectivity index (χ2v) is 6.13. The van der Waals surface area contributed by atoms with E-state index in [-0.39, 0.29) is 4.87 Å². The Morgan fingerprint density at radius 2 is 1.75 bits per heavy atom. The van der Waals surface area contributed by atoms with Crippen molar-refractivity contribution < 1.29 is 0 Å². The molecule has 0 spiro atoms. The van der Waals surface area contributed by atoms with Gasteiger partial charge in [-0.2, -0.15) is 0 Å². The SMILES string of the molecule is C[S+](C)CC(C)(C)Cl. The highest BCUT2D eigenvalue weighted by atomic mass is 35.5. The minimum absolute atomic E-state index is 0.00656. The van der Waals surface area contributed by atoms with Crippen LogP contribution in [0.3, 0.4) is 0 Å². The van der Waals surface area contributed by atoms with E-state index in [1.807, 2.05) is 0 Å². The number of alkyl halides is 1. The van der Waals surface area contributed by atoms with Gasteiger partial charge in [0.25, 0.3) is 0 Å². The van der Waals surface area contributed by atoms with E-state index >= 15 is 0 Å². The molecule has 0 N–H and O–H groups in total. The molecule has 0 rings (SSSR count). The monoisotopic (exact) mass is 153 g/mol. The zero-order valence-corrected chi connectivity index (χ0v) is 7.57. The van der Waals surface area contributed by atoms with Gasteiger partial charge in [0.05, 0.1) is 17.4 Å². The lowest BCUT2D eigenvalue weighted by Crippen LogP contribution is -2.22. The third-order valence-electron chi connectivity index (χ3n) is 0.632. The predicted octanol–water partition coefficient (Wildman–Crippen LogP) is 1.88. The van der Waals surface area contributed by atoms with Crippen LogP contribution in [0.25, 0.3) is 0 Å². The quantitative estimate of drug-likeness (QED) is 0.420. The maximum absolute atomic E-state index is 5.94. The first-order valence-electron chi connectivity index (χ1n) is 2.65. The molecule has 0 aromatic rings. The average molecular weight is 154 g/mol. The zero-order valence-electron chi connectivity index (χ0n) is 5.99. The average Bonchev–Trinajstić information content (AvgIpc) is 1.21. The molecule has 0 aliphatic carbocycles. The van der Waals surface area contributed by atoms with Crippen molar-refractivity contribution in [2.24, 2.45) is 0 Å². The third-order valence-corrected chi connectivity index (χ3v) is 2.22. The first kappa shape index (κ1) is 8.64. The van der Waals surface area contributed by atoms with E-state index < -0.39 is 0 Å². The van der Waals surface area contributed by atoms with Gasteiger partial charge in [-0.15, -0.1) is 11.6 Å². The summed E-state index contributed by atoms with van der Waals surface area (Å²) in [7, 11) is 0.483. The van der Waals surface area contributed by atoms with Gasteiger partial charge >= 0.3 is 0 Å². The molecule has 0 saturated heterocycles. The fourth-order valence-electron chi connectivity index (χ4n) is 0.686. The van der Waals surface area contributed by atoms with Gasteiger partial charge in [-0.3, -0.25) is 0 Å². The van der Waals surface area contributed by atoms with Crippen molar-refractivity contribution in [1.82, 2.24) is 0 Å². The molecule has 2 heteroatoms. The molecular weight excluding hydrogens is 140 g/mol. The van der Waals surface area contributed by atoms with Crippen LogP contribution in [0, 0.1) is 0 Å². The van der Waals surface area contributed by atoms with E-state index in [0.29, 0.717) is 10.9 Å². The van der Waals surface area contributed by atoms with Gasteiger partial charge in [0, 0.05) is 0 Å². The van der Waals surface area contributed by atoms with Crippen molar-refractivity contribution in [3.8, 4) is 0 Å². The summed E-state index contributed by atoms with van der Waals surface area (Å²) in [5.41, 5.74) is 0. The highest BCUT2D eigenvalue weighted by Gasteiger charge is 2.20. The van der Waals surface area contributed by atoms with E-state index in [9.17, 15) is 0 Å². The van der Waals surface area contributed by atoms with Gasteiger partial charge < -0.3 is 0 Å². The Kier molecular flexibility index (Phi) is 3.21. The standard InChI is InChI=1S/C6H14ClS/c1-6(2,7)5-8(3)4/h5H2,1-4H3/q+1. The Balaban J connectivity index is 3.39.